The Bertz CT molecular complexity index is 1130. The van der Waals surface area contributed by atoms with Crippen molar-refractivity contribution in [2.75, 3.05) is 29.5 Å². The molecule has 3 aromatic rings. The van der Waals surface area contributed by atoms with Gasteiger partial charge in [0.15, 0.2) is 0 Å². The molecule has 0 unspecified atom stereocenters. The van der Waals surface area contributed by atoms with Crippen molar-refractivity contribution in [1.29, 1.82) is 0 Å². The average Bonchev–Trinajstić information content (AvgIpc) is 3.28. The van der Waals surface area contributed by atoms with Crippen molar-refractivity contribution < 1.29 is 13.2 Å². The largest absolute Gasteiger partial charge is 0.377 e. The van der Waals surface area contributed by atoms with Gasteiger partial charge in [-0.25, -0.2) is 8.42 Å². The van der Waals surface area contributed by atoms with Gasteiger partial charge < -0.3 is 9.80 Å². The first-order chi connectivity index (χ1) is 15.3. The maximum Gasteiger partial charge on any atom is 0.264 e. The molecule has 0 atom stereocenters. The highest BCUT2D eigenvalue weighted by Gasteiger charge is 2.20. The fourth-order valence-corrected chi connectivity index (χ4v) is 5.29. The quantitative estimate of drug-likeness (QED) is 0.461. The Morgan fingerprint density at radius 3 is 2.38 bits per heavy atom. The average molecular weight is 472 g/mol. The number of benzene rings is 2. The molecule has 1 N–H and O–H groups in total. The second kappa shape index (κ2) is 10.7. The normalized spacial score (nSPS) is 11.2. The van der Waals surface area contributed by atoms with Crippen LogP contribution in [-0.4, -0.2) is 39.1 Å². The maximum absolute atomic E-state index is 13.3. The lowest BCUT2D eigenvalue weighted by atomic mass is 10.1. The van der Waals surface area contributed by atoms with E-state index in [9.17, 15) is 13.2 Å². The van der Waals surface area contributed by atoms with Gasteiger partial charge in [0.1, 0.15) is 0 Å². The molecule has 0 radical (unpaired) electrons. The van der Waals surface area contributed by atoms with Gasteiger partial charge in [-0.15, -0.1) is 11.3 Å². The first-order valence-corrected chi connectivity index (χ1v) is 13.0. The molecule has 6 nitrogen and oxygen atoms in total. The predicted octanol–water partition coefficient (Wildman–Crippen LogP) is 4.81. The Labute approximate surface area is 194 Å². The molecule has 0 saturated carbocycles. The van der Waals surface area contributed by atoms with Gasteiger partial charge in [0, 0.05) is 38.6 Å². The van der Waals surface area contributed by atoms with E-state index in [1.807, 2.05) is 85.9 Å². The van der Waals surface area contributed by atoms with Crippen molar-refractivity contribution in [2.45, 2.75) is 26.4 Å². The molecule has 32 heavy (non-hydrogen) atoms. The van der Waals surface area contributed by atoms with Crippen LogP contribution in [0.5, 0.6) is 0 Å². The zero-order chi connectivity index (χ0) is 23.1. The first-order valence-electron chi connectivity index (χ1n) is 10.5. The minimum Gasteiger partial charge on any atom is -0.377 e. The molecule has 0 spiro atoms. The summed E-state index contributed by atoms with van der Waals surface area (Å²) >= 11 is 1.41. The van der Waals surface area contributed by atoms with Gasteiger partial charge in [0.05, 0.1) is 10.6 Å². The minimum atomic E-state index is -3.41. The molecule has 0 bridgehead atoms. The van der Waals surface area contributed by atoms with Crippen LogP contribution < -0.4 is 9.62 Å². The summed E-state index contributed by atoms with van der Waals surface area (Å²) in [5.74, 6) is 0.0138. The summed E-state index contributed by atoms with van der Waals surface area (Å²) in [7, 11) is 0.460. The van der Waals surface area contributed by atoms with E-state index in [0.717, 1.165) is 16.8 Å². The third kappa shape index (κ3) is 6.34. The molecular formula is C24H29N3O3S2. The number of carbonyl (C=O) groups excluding carboxylic acids is 1. The van der Waals surface area contributed by atoms with E-state index in [0.29, 0.717) is 30.1 Å². The zero-order valence-corrected chi connectivity index (χ0v) is 20.2. The third-order valence-corrected chi connectivity index (χ3v) is 7.25. The molecule has 0 aliphatic rings. The number of carbonyl (C=O) groups is 1. The summed E-state index contributed by atoms with van der Waals surface area (Å²) in [6.07, 6.45) is 0.540. The number of nitrogens with zero attached hydrogens (tertiary/aromatic N) is 2. The molecular weight excluding hydrogens is 442 g/mol. The van der Waals surface area contributed by atoms with Crippen molar-refractivity contribution in [3.05, 3.63) is 82.0 Å². The van der Waals surface area contributed by atoms with Gasteiger partial charge in [-0.05, 0) is 47.2 Å². The fourth-order valence-electron chi connectivity index (χ4n) is 3.48. The predicted molar refractivity (Wildman–Crippen MR) is 133 cm³/mol. The zero-order valence-electron chi connectivity index (χ0n) is 18.6. The monoisotopic (exact) mass is 471 g/mol. The number of hydrogen-bond acceptors (Lipinski definition) is 5. The number of anilines is 2. The number of nitrogens with one attached hydrogen (secondary N) is 1. The van der Waals surface area contributed by atoms with Gasteiger partial charge in [-0.3, -0.25) is 9.52 Å². The smallest absolute Gasteiger partial charge is 0.264 e. The van der Waals surface area contributed by atoms with Crippen LogP contribution in [0.2, 0.25) is 0 Å². The Hall–Kier alpha value is -2.84. The lowest BCUT2D eigenvalue weighted by Crippen LogP contribution is -2.30. The maximum atomic E-state index is 13.3. The van der Waals surface area contributed by atoms with E-state index in [-0.39, 0.29) is 11.7 Å². The van der Waals surface area contributed by atoms with E-state index in [1.54, 1.807) is 11.0 Å². The first kappa shape index (κ1) is 23.8. The molecule has 1 heterocycles. The van der Waals surface area contributed by atoms with Crippen molar-refractivity contribution in [2.24, 2.45) is 0 Å². The van der Waals surface area contributed by atoms with Gasteiger partial charge >= 0.3 is 0 Å². The summed E-state index contributed by atoms with van der Waals surface area (Å²) < 4.78 is 27.2. The summed E-state index contributed by atoms with van der Waals surface area (Å²) in [6.45, 7) is 2.64. The van der Waals surface area contributed by atoms with E-state index in [2.05, 4.69) is 4.72 Å². The Morgan fingerprint density at radius 2 is 1.75 bits per heavy atom. The molecule has 1 aromatic heterocycles. The number of sulfonamides is 1. The Morgan fingerprint density at radius 1 is 1.00 bits per heavy atom. The van der Waals surface area contributed by atoms with E-state index in [1.165, 1.54) is 11.3 Å². The van der Waals surface area contributed by atoms with E-state index < -0.39 is 10.0 Å². The summed E-state index contributed by atoms with van der Waals surface area (Å²) in [6, 6.07) is 19.0. The van der Waals surface area contributed by atoms with Crippen LogP contribution in [0.1, 0.15) is 34.1 Å². The van der Waals surface area contributed by atoms with Crippen LogP contribution in [0, 0.1) is 0 Å². The van der Waals surface area contributed by atoms with Crippen LogP contribution in [-0.2, 0) is 23.1 Å². The Kier molecular flexibility index (Phi) is 7.93. The molecule has 0 fully saturated rings. The van der Waals surface area contributed by atoms with Gasteiger partial charge in [0.2, 0.25) is 10.0 Å². The minimum absolute atomic E-state index is 0.0504. The van der Waals surface area contributed by atoms with E-state index in [4.69, 9.17) is 0 Å². The standard InChI is InChI=1S/C24H29N3O3S2/c1-4-15-32(29,30)25-21-12-13-22(26(2)3)20(16-21)18-27(17-19-9-6-5-7-10-19)24(28)23-11-8-14-31-23/h5-14,16,25H,4,15,17-18H2,1-3H3. The SMILES string of the molecule is CCCS(=O)(=O)Nc1ccc(N(C)C)c(CN(Cc2ccccc2)C(=O)c2cccs2)c1. The topological polar surface area (TPSA) is 69.7 Å². The highest BCUT2D eigenvalue weighted by molar-refractivity contribution is 7.92. The number of thiophene rings is 1. The molecule has 170 valence electrons. The van der Waals surface area contributed by atoms with Crippen LogP contribution in [0.25, 0.3) is 0 Å². The highest BCUT2D eigenvalue weighted by atomic mass is 32.2. The summed E-state index contributed by atoms with van der Waals surface area (Å²) in [5, 5.41) is 1.89. The molecule has 2 aromatic carbocycles. The van der Waals surface area contributed by atoms with Crippen LogP contribution in [0.4, 0.5) is 11.4 Å². The number of rotatable bonds is 10. The molecule has 8 heteroatoms. The van der Waals surface area contributed by atoms with Crippen LogP contribution in [0.15, 0.2) is 66.0 Å². The lowest BCUT2D eigenvalue weighted by Gasteiger charge is -2.26. The van der Waals surface area contributed by atoms with E-state index >= 15 is 0 Å². The van der Waals surface area contributed by atoms with Crippen LogP contribution in [0.3, 0.4) is 0 Å². The molecule has 0 aliphatic carbocycles. The number of hydrogen-bond donors (Lipinski definition) is 1. The molecule has 3 rings (SSSR count). The Balaban J connectivity index is 1.95. The highest BCUT2D eigenvalue weighted by Crippen LogP contribution is 2.27. The third-order valence-electron chi connectivity index (χ3n) is 4.90. The molecule has 1 amide bonds. The molecule has 0 aliphatic heterocycles. The lowest BCUT2D eigenvalue weighted by molar-refractivity contribution is 0.0735. The van der Waals surface area contributed by atoms with Gasteiger partial charge in [0.25, 0.3) is 5.91 Å². The van der Waals surface area contributed by atoms with Crippen molar-refractivity contribution >= 4 is 38.6 Å². The summed E-state index contributed by atoms with van der Waals surface area (Å²) in [5.41, 5.74) is 3.33. The van der Waals surface area contributed by atoms with Crippen LogP contribution >= 0.6 is 11.3 Å². The second-order valence-electron chi connectivity index (χ2n) is 7.78. The van der Waals surface area contributed by atoms with Crippen molar-refractivity contribution in [3.63, 3.8) is 0 Å². The van der Waals surface area contributed by atoms with Crippen molar-refractivity contribution in [3.8, 4) is 0 Å². The number of amides is 1. The van der Waals surface area contributed by atoms with Gasteiger partial charge in [-0.1, -0.05) is 43.3 Å². The second-order valence-corrected chi connectivity index (χ2v) is 10.6. The van der Waals surface area contributed by atoms with Gasteiger partial charge in [-0.2, -0.15) is 0 Å². The molecule has 0 saturated heterocycles. The fraction of sp³-hybridized carbons (Fsp3) is 0.292. The summed E-state index contributed by atoms with van der Waals surface area (Å²) in [4.78, 5) is 17.7. The van der Waals surface area contributed by atoms with Crippen molar-refractivity contribution in [1.82, 2.24) is 4.90 Å².